The molecule has 5 rings (SSSR count). The number of benzene rings is 4. The molecule has 0 fully saturated rings. The number of aryl methyl sites for hydroxylation is 1. The Bertz CT molecular complexity index is 1770. The Hall–Kier alpha value is -5.20. The molecule has 43 heavy (non-hydrogen) atoms. The highest BCUT2D eigenvalue weighted by Gasteiger charge is 2.32. The van der Waals surface area contributed by atoms with Crippen LogP contribution in [0.1, 0.15) is 28.2 Å². The molecule has 4 aromatic carbocycles. The van der Waals surface area contributed by atoms with E-state index in [2.05, 4.69) is 6.07 Å². The van der Waals surface area contributed by atoms with Gasteiger partial charge in [-0.1, -0.05) is 41.9 Å². The standard InChI is InChI=1S/C33H26ClFN2O6/c1-19-13-22(34)8-12-27(19)41-18-31(38)42-23-9-10-24-29(15-23)43-33(37)25(16-36)32(24)20-7-11-28(30(14-20)39-2)40-17-21-5-3-4-6-26(21)35/h3-15,32H,17-18,37H2,1-2H3. The molecule has 0 saturated carbocycles. The summed E-state index contributed by atoms with van der Waals surface area (Å²) in [5.41, 5.74) is 8.84. The van der Waals surface area contributed by atoms with Gasteiger partial charge in [-0.3, -0.25) is 0 Å². The SMILES string of the molecule is COc1cc(C2C(C#N)=C(N)Oc3cc(OC(=O)COc4ccc(Cl)cc4C)ccc32)ccc1OCc1ccccc1F. The Morgan fingerprint density at radius 3 is 2.56 bits per heavy atom. The first-order valence-corrected chi connectivity index (χ1v) is 13.5. The minimum absolute atomic E-state index is 0.00459. The van der Waals surface area contributed by atoms with Crippen LogP contribution >= 0.6 is 11.6 Å². The van der Waals surface area contributed by atoms with Crippen molar-refractivity contribution in [3.05, 3.63) is 123 Å². The topological polar surface area (TPSA) is 113 Å². The lowest BCUT2D eigenvalue weighted by molar-refractivity contribution is -0.136. The average Bonchev–Trinajstić information content (AvgIpc) is 2.99. The molecule has 0 bridgehead atoms. The number of nitriles is 1. The molecule has 0 radical (unpaired) electrons. The molecular formula is C33H26ClFN2O6. The number of ether oxygens (including phenoxy) is 5. The van der Waals surface area contributed by atoms with E-state index in [-0.39, 0.29) is 36.2 Å². The van der Waals surface area contributed by atoms with Crippen molar-refractivity contribution in [1.82, 2.24) is 0 Å². The normalized spacial score (nSPS) is 13.8. The molecule has 1 unspecified atom stereocenters. The van der Waals surface area contributed by atoms with Gasteiger partial charge in [0.1, 0.15) is 41.3 Å². The zero-order valence-corrected chi connectivity index (χ0v) is 24.0. The fourth-order valence-electron chi connectivity index (χ4n) is 4.67. The van der Waals surface area contributed by atoms with Gasteiger partial charge in [-0.2, -0.15) is 5.26 Å². The molecule has 2 N–H and O–H groups in total. The number of carbonyl (C=O) groups excluding carboxylic acids is 1. The minimum Gasteiger partial charge on any atom is -0.493 e. The van der Waals surface area contributed by atoms with Crippen LogP contribution < -0.4 is 29.4 Å². The monoisotopic (exact) mass is 600 g/mol. The zero-order valence-electron chi connectivity index (χ0n) is 23.2. The largest absolute Gasteiger partial charge is 0.493 e. The fraction of sp³-hybridized carbons (Fsp3) is 0.152. The number of nitrogens with zero attached hydrogens (tertiary/aromatic N) is 1. The number of nitrogens with two attached hydrogens (primary N) is 1. The molecule has 8 nitrogen and oxygen atoms in total. The molecule has 0 amide bonds. The second kappa shape index (κ2) is 12.8. The van der Waals surface area contributed by atoms with Gasteiger partial charge in [0.05, 0.1) is 13.0 Å². The third kappa shape index (κ3) is 6.50. The first kappa shape index (κ1) is 29.3. The summed E-state index contributed by atoms with van der Waals surface area (Å²) in [6.45, 7) is 1.50. The van der Waals surface area contributed by atoms with Crippen molar-refractivity contribution in [1.29, 1.82) is 5.26 Å². The second-order valence-corrected chi connectivity index (χ2v) is 10.0. The van der Waals surface area contributed by atoms with Crippen LogP contribution in [-0.2, 0) is 11.4 Å². The summed E-state index contributed by atoms with van der Waals surface area (Å²) in [6.07, 6.45) is 0. The number of halogens is 2. The van der Waals surface area contributed by atoms with Crippen LogP contribution in [0.25, 0.3) is 0 Å². The third-order valence-corrected chi connectivity index (χ3v) is 7.00. The first-order valence-electron chi connectivity index (χ1n) is 13.1. The lowest BCUT2D eigenvalue weighted by Crippen LogP contribution is -2.22. The van der Waals surface area contributed by atoms with Crippen LogP contribution in [0.4, 0.5) is 4.39 Å². The molecule has 0 aromatic heterocycles. The number of rotatable bonds is 9. The molecule has 0 aliphatic carbocycles. The zero-order chi connectivity index (χ0) is 30.5. The van der Waals surface area contributed by atoms with Gasteiger partial charge in [0.25, 0.3) is 0 Å². The maximum Gasteiger partial charge on any atom is 0.349 e. The lowest BCUT2D eigenvalue weighted by atomic mass is 9.83. The Morgan fingerprint density at radius 1 is 1.02 bits per heavy atom. The summed E-state index contributed by atoms with van der Waals surface area (Å²) in [5, 5.41) is 10.5. The van der Waals surface area contributed by atoms with Gasteiger partial charge in [-0.05, 0) is 60.5 Å². The van der Waals surface area contributed by atoms with E-state index in [0.29, 0.717) is 44.7 Å². The molecule has 0 saturated heterocycles. The van der Waals surface area contributed by atoms with Crippen molar-refractivity contribution in [2.24, 2.45) is 5.73 Å². The summed E-state index contributed by atoms with van der Waals surface area (Å²) in [7, 11) is 1.49. The number of carbonyl (C=O) groups is 1. The highest BCUT2D eigenvalue weighted by molar-refractivity contribution is 6.30. The van der Waals surface area contributed by atoms with Crippen molar-refractivity contribution in [3.8, 4) is 34.8 Å². The summed E-state index contributed by atoms with van der Waals surface area (Å²) in [5.74, 6) is 0.146. The molecule has 4 aromatic rings. The molecule has 218 valence electrons. The van der Waals surface area contributed by atoms with Gasteiger partial charge < -0.3 is 29.4 Å². The van der Waals surface area contributed by atoms with Crippen LogP contribution in [0.3, 0.4) is 0 Å². The number of methoxy groups -OCH3 is 1. The van der Waals surface area contributed by atoms with Crippen LogP contribution in [0.5, 0.6) is 28.7 Å². The Labute approximate surface area is 252 Å². The van der Waals surface area contributed by atoms with E-state index in [1.165, 1.54) is 19.2 Å². The van der Waals surface area contributed by atoms with Crippen LogP contribution in [0.15, 0.2) is 90.3 Å². The highest BCUT2D eigenvalue weighted by Crippen LogP contribution is 2.45. The van der Waals surface area contributed by atoms with E-state index in [4.69, 9.17) is 41.0 Å². The molecular weight excluding hydrogens is 575 g/mol. The minimum atomic E-state index is -0.626. The van der Waals surface area contributed by atoms with Gasteiger partial charge in [-0.25, -0.2) is 9.18 Å². The van der Waals surface area contributed by atoms with E-state index in [1.54, 1.807) is 66.7 Å². The van der Waals surface area contributed by atoms with E-state index in [0.717, 1.165) is 5.56 Å². The van der Waals surface area contributed by atoms with Crippen molar-refractivity contribution >= 4 is 17.6 Å². The predicted molar refractivity (Wildman–Crippen MR) is 157 cm³/mol. The smallest absolute Gasteiger partial charge is 0.349 e. The van der Waals surface area contributed by atoms with Gasteiger partial charge in [-0.15, -0.1) is 0 Å². The van der Waals surface area contributed by atoms with E-state index >= 15 is 0 Å². The molecule has 1 aliphatic rings. The van der Waals surface area contributed by atoms with Crippen molar-refractivity contribution in [2.75, 3.05) is 13.7 Å². The maximum atomic E-state index is 14.1. The predicted octanol–water partition coefficient (Wildman–Crippen LogP) is 6.58. The fourth-order valence-corrected chi connectivity index (χ4v) is 4.90. The second-order valence-electron chi connectivity index (χ2n) is 9.59. The molecule has 1 atom stereocenters. The Balaban J connectivity index is 1.36. The summed E-state index contributed by atoms with van der Waals surface area (Å²) in [6, 6.07) is 23.6. The van der Waals surface area contributed by atoms with Crippen LogP contribution in [0.2, 0.25) is 5.02 Å². The lowest BCUT2D eigenvalue weighted by Gasteiger charge is -2.27. The molecule has 0 spiro atoms. The first-order chi connectivity index (χ1) is 20.8. The number of hydrogen-bond acceptors (Lipinski definition) is 8. The number of esters is 1. The van der Waals surface area contributed by atoms with Crippen LogP contribution in [-0.4, -0.2) is 19.7 Å². The highest BCUT2D eigenvalue weighted by atomic mass is 35.5. The summed E-state index contributed by atoms with van der Waals surface area (Å²) in [4.78, 5) is 12.5. The molecule has 10 heteroatoms. The Kier molecular flexibility index (Phi) is 8.69. The maximum absolute atomic E-state index is 14.1. The van der Waals surface area contributed by atoms with E-state index in [9.17, 15) is 14.4 Å². The van der Waals surface area contributed by atoms with Gasteiger partial charge in [0.2, 0.25) is 5.88 Å². The third-order valence-electron chi connectivity index (χ3n) is 6.77. The summed E-state index contributed by atoms with van der Waals surface area (Å²) < 4.78 is 42.2. The van der Waals surface area contributed by atoms with Gasteiger partial charge >= 0.3 is 5.97 Å². The Morgan fingerprint density at radius 2 is 1.81 bits per heavy atom. The molecule has 1 aliphatic heterocycles. The van der Waals surface area contributed by atoms with E-state index in [1.807, 2.05) is 6.92 Å². The quantitative estimate of drug-likeness (QED) is 0.169. The van der Waals surface area contributed by atoms with Gasteiger partial charge in [0, 0.05) is 22.2 Å². The number of fused-ring (bicyclic) bond motifs is 1. The van der Waals surface area contributed by atoms with Crippen molar-refractivity contribution in [3.63, 3.8) is 0 Å². The average molecular weight is 601 g/mol. The van der Waals surface area contributed by atoms with E-state index < -0.39 is 11.9 Å². The number of hydrogen-bond donors (Lipinski definition) is 1. The van der Waals surface area contributed by atoms with Gasteiger partial charge in [0.15, 0.2) is 18.1 Å². The van der Waals surface area contributed by atoms with Crippen molar-refractivity contribution < 1.29 is 32.9 Å². The number of allylic oxidation sites excluding steroid dienone is 1. The summed E-state index contributed by atoms with van der Waals surface area (Å²) >= 11 is 5.97. The van der Waals surface area contributed by atoms with Crippen molar-refractivity contribution in [2.45, 2.75) is 19.4 Å². The van der Waals surface area contributed by atoms with Crippen LogP contribution in [0, 0.1) is 24.1 Å². The molecule has 1 heterocycles.